The molecule has 1 rings (SSSR count). The van der Waals surface area contributed by atoms with Crippen LogP contribution >= 0.6 is 0 Å². The summed E-state index contributed by atoms with van der Waals surface area (Å²) in [6.45, 7) is 9.55. The lowest BCUT2D eigenvalue weighted by atomic mass is 9.91. The molecule has 34 heavy (non-hydrogen) atoms. The molecule has 0 N–H and O–H groups in total. The van der Waals surface area contributed by atoms with E-state index in [2.05, 4.69) is 54.7 Å². The van der Waals surface area contributed by atoms with Gasteiger partial charge in [-0.3, -0.25) is 9.80 Å². The Morgan fingerprint density at radius 2 is 1.12 bits per heavy atom. The van der Waals surface area contributed by atoms with Crippen molar-refractivity contribution in [2.24, 2.45) is 5.92 Å². The number of nitrogens with zero attached hydrogens (tertiary/aromatic N) is 4. The smallest absolute Gasteiger partial charge is 0.156 e. The Bertz CT molecular complexity index is 440. The highest BCUT2D eigenvalue weighted by Gasteiger charge is 2.36. The lowest BCUT2D eigenvalue weighted by Gasteiger charge is -2.38. The van der Waals surface area contributed by atoms with Gasteiger partial charge in [0.05, 0.1) is 6.17 Å². The van der Waals surface area contributed by atoms with Gasteiger partial charge in [-0.1, -0.05) is 58.3 Å². The van der Waals surface area contributed by atoms with Crippen LogP contribution < -0.4 is 0 Å². The van der Waals surface area contributed by atoms with Crippen molar-refractivity contribution in [3.8, 4) is 0 Å². The van der Waals surface area contributed by atoms with Gasteiger partial charge in [-0.05, 0) is 59.8 Å². The largest absolute Gasteiger partial charge is 0.356 e. The summed E-state index contributed by atoms with van der Waals surface area (Å²) >= 11 is 0. The summed E-state index contributed by atoms with van der Waals surface area (Å²) in [6, 6.07) is 0. The maximum atomic E-state index is 5.29. The highest BCUT2D eigenvalue weighted by molar-refractivity contribution is 4.87. The molecule has 1 atom stereocenters. The zero-order valence-electron chi connectivity index (χ0n) is 24.1. The second-order valence-corrected chi connectivity index (χ2v) is 10.9. The van der Waals surface area contributed by atoms with Crippen molar-refractivity contribution in [2.75, 3.05) is 81.7 Å². The summed E-state index contributed by atoms with van der Waals surface area (Å²) in [5, 5.41) is 0. The summed E-state index contributed by atoms with van der Waals surface area (Å²) in [6.07, 6.45) is 16.5. The van der Waals surface area contributed by atoms with Crippen LogP contribution in [0.15, 0.2) is 0 Å². The summed E-state index contributed by atoms with van der Waals surface area (Å²) in [7, 11) is 12.3. The number of unbranched alkanes of at least 4 members (excludes halogenated alkanes) is 7. The minimum atomic E-state index is -0.0229. The molecule has 1 aliphatic rings. The van der Waals surface area contributed by atoms with Gasteiger partial charge < -0.3 is 19.3 Å². The summed E-state index contributed by atoms with van der Waals surface area (Å²) in [4.78, 5) is 10.3. The molecule has 1 aliphatic heterocycles. The molecule has 204 valence electrons. The summed E-state index contributed by atoms with van der Waals surface area (Å²) < 4.78 is 10.6. The molecule has 0 amide bonds. The van der Waals surface area contributed by atoms with Crippen LogP contribution in [0.3, 0.4) is 0 Å². The maximum Gasteiger partial charge on any atom is 0.156 e. The standard InChI is InChI=1S/C28H60N4O2/c1-8-9-17-26(18-15-13-11-10-12-14-16-19-27(33-6)34-7)28-31(22-20-29(2)3)24-25-32(28)23-21-30(4)5/h26-28H,8-25H2,1-7H3. The van der Waals surface area contributed by atoms with Crippen molar-refractivity contribution in [2.45, 2.75) is 96.4 Å². The Labute approximate surface area is 213 Å². The van der Waals surface area contributed by atoms with E-state index in [1.807, 2.05) is 0 Å². The molecule has 1 fully saturated rings. The molecule has 0 bridgehead atoms. The number of hydrogen-bond donors (Lipinski definition) is 0. The predicted molar refractivity (Wildman–Crippen MR) is 146 cm³/mol. The van der Waals surface area contributed by atoms with E-state index in [-0.39, 0.29) is 6.29 Å². The van der Waals surface area contributed by atoms with Crippen molar-refractivity contribution in [1.82, 2.24) is 19.6 Å². The first-order chi connectivity index (χ1) is 16.4. The first-order valence-electron chi connectivity index (χ1n) is 14.3. The number of ether oxygens (including phenoxy) is 2. The van der Waals surface area contributed by atoms with E-state index >= 15 is 0 Å². The van der Waals surface area contributed by atoms with Crippen LogP contribution in [0, 0.1) is 5.92 Å². The average molecular weight is 485 g/mol. The Kier molecular flexibility index (Phi) is 18.6. The molecule has 1 saturated heterocycles. The Balaban J connectivity index is 2.49. The van der Waals surface area contributed by atoms with Crippen LogP contribution in [-0.4, -0.2) is 114 Å². The Morgan fingerprint density at radius 3 is 1.56 bits per heavy atom. The van der Waals surface area contributed by atoms with Gasteiger partial charge in [0.15, 0.2) is 6.29 Å². The monoisotopic (exact) mass is 484 g/mol. The molecular weight excluding hydrogens is 424 g/mol. The average Bonchev–Trinajstić information content (AvgIpc) is 3.22. The molecule has 0 saturated carbocycles. The van der Waals surface area contributed by atoms with Crippen LogP contribution in [0.4, 0.5) is 0 Å². The van der Waals surface area contributed by atoms with E-state index in [4.69, 9.17) is 9.47 Å². The maximum absolute atomic E-state index is 5.29. The van der Waals surface area contributed by atoms with Gasteiger partial charge in [0.25, 0.3) is 0 Å². The zero-order chi connectivity index (χ0) is 25.2. The fourth-order valence-electron chi connectivity index (χ4n) is 5.34. The first kappa shape index (κ1) is 31.8. The third-order valence-electron chi connectivity index (χ3n) is 7.48. The lowest BCUT2D eigenvalue weighted by Crippen LogP contribution is -2.48. The van der Waals surface area contributed by atoms with Crippen molar-refractivity contribution >= 4 is 0 Å². The van der Waals surface area contributed by atoms with E-state index in [9.17, 15) is 0 Å². The summed E-state index contributed by atoms with van der Waals surface area (Å²) in [5.74, 6) is 0.812. The third kappa shape index (κ3) is 13.7. The quantitative estimate of drug-likeness (QED) is 0.159. The highest BCUT2D eigenvalue weighted by atomic mass is 16.7. The molecule has 0 radical (unpaired) electrons. The van der Waals surface area contributed by atoms with Crippen molar-refractivity contribution in [1.29, 1.82) is 0 Å². The molecule has 1 unspecified atom stereocenters. The van der Waals surface area contributed by atoms with E-state index in [1.54, 1.807) is 14.2 Å². The van der Waals surface area contributed by atoms with Gasteiger partial charge in [-0.15, -0.1) is 0 Å². The van der Waals surface area contributed by atoms with Crippen molar-refractivity contribution < 1.29 is 9.47 Å². The van der Waals surface area contributed by atoms with Gasteiger partial charge >= 0.3 is 0 Å². The SMILES string of the molecule is CCCCC(CCCCCCCCCC(OC)OC)C1N(CCN(C)C)CCN1CCN(C)C. The fourth-order valence-corrected chi connectivity index (χ4v) is 5.34. The van der Waals surface area contributed by atoms with Gasteiger partial charge in [0.2, 0.25) is 0 Å². The normalized spacial score (nSPS) is 17.1. The summed E-state index contributed by atoms with van der Waals surface area (Å²) in [5.41, 5.74) is 0. The van der Waals surface area contributed by atoms with E-state index in [0.717, 1.165) is 25.4 Å². The first-order valence-corrected chi connectivity index (χ1v) is 14.3. The predicted octanol–water partition coefficient (Wildman–Crippen LogP) is 4.99. The van der Waals surface area contributed by atoms with Crippen molar-refractivity contribution in [3.05, 3.63) is 0 Å². The van der Waals surface area contributed by atoms with Gasteiger partial charge in [0.1, 0.15) is 0 Å². The van der Waals surface area contributed by atoms with Crippen molar-refractivity contribution in [3.63, 3.8) is 0 Å². The van der Waals surface area contributed by atoms with Gasteiger partial charge in [0, 0.05) is 53.5 Å². The Morgan fingerprint density at radius 1 is 0.676 bits per heavy atom. The van der Waals surface area contributed by atoms with Crippen LogP contribution in [0.25, 0.3) is 0 Å². The minimum Gasteiger partial charge on any atom is -0.356 e. The van der Waals surface area contributed by atoms with Crippen LogP contribution in [-0.2, 0) is 9.47 Å². The lowest BCUT2D eigenvalue weighted by molar-refractivity contribution is -0.107. The highest BCUT2D eigenvalue weighted by Crippen LogP contribution is 2.30. The molecule has 1 heterocycles. The van der Waals surface area contributed by atoms with Gasteiger partial charge in [-0.2, -0.15) is 0 Å². The molecule has 0 aromatic carbocycles. The number of likely N-dealkylation sites (N-methyl/N-ethyl adjacent to an activating group) is 2. The minimum absolute atomic E-state index is 0.0229. The van der Waals surface area contributed by atoms with E-state index in [1.165, 1.54) is 96.8 Å². The van der Waals surface area contributed by atoms with Crippen LogP contribution in [0.1, 0.15) is 84.0 Å². The van der Waals surface area contributed by atoms with Gasteiger partial charge in [-0.25, -0.2) is 0 Å². The Hall–Kier alpha value is -0.240. The number of hydrogen-bond acceptors (Lipinski definition) is 6. The van der Waals surface area contributed by atoms with E-state index in [0.29, 0.717) is 6.17 Å². The molecule has 6 nitrogen and oxygen atoms in total. The molecule has 0 aromatic heterocycles. The molecule has 6 heteroatoms. The third-order valence-corrected chi connectivity index (χ3v) is 7.48. The van der Waals surface area contributed by atoms with Crippen LogP contribution in [0.2, 0.25) is 0 Å². The molecule has 0 aromatic rings. The molecule has 0 aliphatic carbocycles. The number of rotatable bonds is 22. The fraction of sp³-hybridized carbons (Fsp3) is 1.00. The van der Waals surface area contributed by atoms with E-state index < -0.39 is 0 Å². The molecule has 0 spiro atoms. The zero-order valence-corrected chi connectivity index (χ0v) is 24.1. The molecular formula is C28H60N4O2. The second kappa shape index (κ2) is 19.9. The second-order valence-electron chi connectivity index (χ2n) is 10.9. The number of methoxy groups -OCH3 is 2. The van der Waals surface area contributed by atoms with Crippen LogP contribution in [0.5, 0.6) is 0 Å². The topological polar surface area (TPSA) is 31.4 Å².